The fourth-order valence-electron chi connectivity index (χ4n) is 2.34. The van der Waals surface area contributed by atoms with Crippen LogP contribution in [0.15, 0.2) is 0 Å². The van der Waals surface area contributed by atoms with Gasteiger partial charge in [0.1, 0.15) is 11.9 Å². The van der Waals surface area contributed by atoms with Gasteiger partial charge < -0.3 is 4.74 Å². The maximum atomic E-state index is 12.0. The molecule has 112 valence electrons. The van der Waals surface area contributed by atoms with Gasteiger partial charge in [0.05, 0.1) is 0 Å². The molecule has 0 aromatic carbocycles. The van der Waals surface area contributed by atoms with Crippen LogP contribution in [-0.2, 0) is 9.53 Å². The van der Waals surface area contributed by atoms with Crippen molar-refractivity contribution >= 4 is 17.7 Å². The number of nitrogens with zero attached hydrogens (tertiary/aromatic N) is 1. The van der Waals surface area contributed by atoms with Gasteiger partial charge in [-0.05, 0) is 44.5 Å². The van der Waals surface area contributed by atoms with Crippen molar-refractivity contribution in [3.8, 4) is 0 Å². The molecule has 0 aliphatic carbocycles. The van der Waals surface area contributed by atoms with Crippen LogP contribution in [0.5, 0.6) is 0 Å². The Morgan fingerprint density at radius 3 is 2.58 bits per heavy atom. The minimum Gasteiger partial charge on any atom is -0.463 e. The topological polar surface area (TPSA) is 29.5 Å². The number of thioether (sulfide) groups is 1. The predicted molar refractivity (Wildman–Crippen MR) is 82.7 cm³/mol. The monoisotopic (exact) mass is 287 g/mol. The lowest BCUT2D eigenvalue weighted by Crippen LogP contribution is -2.34. The van der Waals surface area contributed by atoms with Crippen LogP contribution in [-0.4, -0.2) is 48.1 Å². The third-order valence-corrected chi connectivity index (χ3v) is 4.91. The van der Waals surface area contributed by atoms with Crippen LogP contribution in [0.4, 0.5) is 0 Å². The summed E-state index contributed by atoms with van der Waals surface area (Å²) >= 11 is 1.75. The summed E-state index contributed by atoms with van der Waals surface area (Å²) in [5.41, 5.74) is 0. The smallest absolute Gasteiger partial charge is 0.319 e. The van der Waals surface area contributed by atoms with Crippen molar-refractivity contribution < 1.29 is 9.53 Å². The third kappa shape index (κ3) is 7.21. The average molecular weight is 287 g/mol. The van der Waals surface area contributed by atoms with E-state index < -0.39 is 0 Å². The molecule has 1 aliphatic heterocycles. The molecule has 3 nitrogen and oxygen atoms in total. The standard InChI is InChI=1S/C15H29NO2S/c1-3-8-14(19-13-4-2)15(17)18-12-11-16-9-6-5-7-10-16/h14H,3-13H2,1-2H3. The van der Waals surface area contributed by atoms with E-state index in [2.05, 4.69) is 18.7 Å². The molecule has 1 aliphatic rings. The highest BCUT2D eigenvalue weighted by molar-refractivity contribution is 8.00. The lowest BCUT2D eigenvalue weighted by atomic mass is 10.1. The van der Waals surface area contributed by atoms with E-state index in [1.165, 1.54) is 32.4 Å². The second kappa shape index (κ2) is 10.6. The predicted octanol–water partition coefficient (Wildman–Crippen LogP) is 3.33. The molecular weight excluding hydrogens is 258 g/mol. The van der Waals surface area contributed by atoms with Crippen LogP contribution >= 0.6 is 11.8 Å². The molecule has 0 amide bonds. The molecule has 0 radical (unpaired) electrons. The van der Waals surface area contributed by atoms with Crippen molar-refractivity contribution in [2.75, 3.05) is 32.0 Å². The SMILES string of the molecule is CCCSC(CCC)C(=O)OCCN1CCCCC1. The first-order valence-corrected chi connectivity index (χ1v) is 8.83. The van der Waals surface area contributed by atoms with E-state index in [-0.39, 0.29) is 11.2 Å². The molecule has 0 aromatic rings. The van der Waals surface area contributed by atoms with Gasteiger partial charge in [-0.25, -0.2) is 0 Å². The summed E-state index contributed by atoms with van der Waals surface area (Å²) in [6, 6.07) is 0. The molecule has 1 atom stereocenters. The van der Waals surface area contributed by atoms with Gasteiger partial charge in [0.15, 0.2) is 0 Å². The number of rotatable bonds is 9. The maximum absolute atomic E-state index is 12.0. The first-order valence-electron chi connectivity index (χ1n) is 7.78. The number of hydrogen-bond donors (Lipinski definition) is 0. The zero-order chi connectivity index (χ0) is 13.9. The van der Waals surface area contributed by atoms with E-state index >= 15 is 0 Å². The molecule has 1 fully saturated rings. The van der Waals surface area contributed by atoms with Gasteiger partial charge in [0.25, 0.3) is 0 Å². The van der Waals surface area contributed by atoms with Crippen molar-refractivity contribution in [2.45, 2.75) is 57.6 Å². The molecule has 1 rings (SSSR count). The average Bonchev–Trinajstić information content (AvgIpc) is 2.44. The Bertz CT molecular complexity index is 242. The van der Waals surface area contributed by atoms with E-state index in [1.807, 2.05) is 0 Å². The largest absolute Gasteiger partial charge is 0.463 e. The quantitative estimate of drug-likeness (QED) is 0.608. The zero-order valence-corrected chi connectivity index (χ0v) is 13.3. The number of esters is 1. The summed E-state index contributed by atoms with van der Waals surface area (Å²) in [7, 11) is 0. The fourth-order valence-corrected chi connectivity index (χ4v) is 3.47. The second-order valence-corrected chi connectivity index (χ2v) is 6.53. The van der Waals surface area contributed by atoms with Gasteiger partial charge in [-0.15, -0.1) is 11.8 Å². The Balaban J connectivity index is 2.18. The van der Waals surface area contributed by atoms with E-state index in [4.69, 9.17) is 4.74 Å². The third-order valence-electron chi connectivity index (χ3n) is 3.44. The first-order chi connectivity index (χ1) is 9.27. The fraction of sp³-hybridized carbons (Fsp3) is 0.933. The molecule has 1 heterocycles. The number of likely N-dealkylation sites (tertiary alicyclic amines) is 1. The van der Waals surface area contributed by atoms with Crippen molar-refractivity contribution in [3.63, 3.8) is 0 Å². The van der Waals surface area contributed by atoms with Gasteiger partial charge in [0.2, 0.25) is 0 Å². The number of carbonyl (C=O) groups excluding carboxylic acids is 1. The lowest BCUT2D eigenvalue weighted by Gasteiger charge is -2.26. The summed E-state index contributed by atoms with van der Waals surface area (Å²) < 4.78 is 5.46. The van der Waals surface area contributed by atoms with Crippen LogP contribution in [0.2, 0.25) is 0 Å². The highest BCUT2D eigenvalue weighted by Gasteiger charge is 2.19. The van der Waals surface area contributed by atoms with Gasteiger partial charge >= 0.3 is 5.97 Å². The summed E-state index contributed by atoms with van der Waals surface area (Å²) in [6.45, 7) is 8.08. The molecule has 1 unspecified atom stereocenters. The Hall–Kier alpha value is -0.220. The van der Waals surface area contributed by atoms with E-state index in [0.29, 0.717) is 6.61 Å². The molecule has 0 aromatic heterocycles. The van der Waals surface area contributed by atoms with Crippen LogP contribution < -0.4 is 0 Å². The van der Waals surface area contributed by atoms with Gasteiger partial charge in [-0.2, -0.15) is 0 Å². The van der Waals surface area contributed by atoms with E-state index in [9.17, 15) is 4.79 Å². The van der Waals surface area contributed by atoms with E-state index in [1.54, 1.807) is 11.8 Å². The summed E-state index contributed by atoms with van der Waals surface area (Å²) in [5, 5.41) is 0.0475. The molecule has 0 N–H and O–H groups in total. The number of hydrogen-bond acceptors (Lipinski definition) is 4. The highest BCUT2D eigenvalue weighted by Crippen LogP contribution is 2.19. The molecule has 19 heavy (non-hydrogen) atoms. The molecule has 4 heteroatoms. The maximum Gasteiger partial charge on any atom is 0.319 e. The molecular formula is C15H29NO2S. The van der Waals surface area contributed by atoms with Gasteiger partial charge in [-0.3, -0.25) is 9.69 Å². The lowest BCUT2D eigenvalue weighted by molar-refractivity contribution is -0.143. The normalized spacial score (nSPS) is 18.2. The Morgan fingerprint density at radius 1 is 1.21 bits per heavy atom. The van der Waals surface area contributed by atoms with Crippen molar-refractivity contribution in [1.82, 2.24) is 4.90 Å². The van der Waals surface area contributed by atoms with Gasteiger partial charge in [0, 0.05) is 6.54 Å². The number of ether oxygens (including phenoxy) is 1. The van der Waals surface area contributed by atoms with Crippen molar-refractivity contribution in [2.24, 2.45) is 0 Å². The summed E-state index contributed by atoms with van der Waals surface area (Å²) in [5.74, 6) is 1.05. The van der Waals surface area contributed by atoms with Crippen LogP contribution in [0.1, 0.15) is 52.4 Å². The molecule has 1 saturated heterocycles. The second-order valence-electron chi connectivity index (χ2n) is 5.22. The van der Waals surface area contributed by atoms with Crippen LogP contribution in [0, 0.1) is 0 Å². The molecule has 0 spiro atoms. The Morgan fingerprint density at radius 2 is 1.95 bits per heavy atom. The van der Waals surface area contributed by atoms with Crippen LogP contribution in [0.3, 0.4) is 0 Å². The highest BCUT2D eigenvalue weighted by atomic mass is 32.2. The zero-order valence-electron chi connectivity index (χ0n) is 12.5. The summed E-state index contributed by atoms with van der Waals surface area (Å²) in [4.78, 5) is 14.4. The minimum atomic E-state index is -0.00249. The Kier molecular flexibility index (Phi) is 9.35. The van der Waals surface area contributed by atoms with Crippen molar-refractivity contribution in [3.05, 3.63) is 0 Å². The summed E-state index contributed by atoms with van der Waals surface area (Å²) in [6.07, 6.45) is 7.03. The minimum absolute atomic E-state index is 0.00249. The van der Waals surface area contributed by atoms with Crippen LogP contribution in [0.25, 0.3) is 0 Å². The molecule has 0 saturated carbocycles. The van der Waals surface area contributed by atoms with E-state index in [0.717, 1.165) is 31.6 Å². The number of carbonyl (C=O) groups is 1. The number of piperidine rings is 1. The first kappa shape index (κ1) is 16.8. The van der Waals surface area contributed by atoms with Crippen molar-refractivity contribution in [1.29, 1.82) is 0 Å². The van der Waals surface area contributed by atoms with Gasteiger partial charge in [-0.1, -0.05) is 26.7 Å². The molecule has 0 bridgehead atoms. The Labute approximate surface area is 122 Å².